The van der Waals surface area contributed by atoms with Crippen molar-refractivity contribution in [1.82, 2.24) is 0 Å². The molecule has 140 valence electrons. The van der Waals surface area contributed by atoms with E-state index in [1.807, 2.05) is 12.2 Å². The van der Waals surface area contributed by atoms with Crippen LogP contribution in [0, 0.1) is 5.41 Å². The van der Waals surface area contributed by atoms with E-state index in [-0.39, 0.29) is 17.3 Å². The first-order valence-corrected chi connectivity index (χ1v) is 8.73. The fourth-order valence-corrected chi connectivity index (χ4v) is 3.64. The van der Waals surface area contributed by atoms with Gasteiger partial charge in [0, 0.05) is 12.2 Å². The van der Waals surface area contributed by atoms with Crippen LogP contribution >= 0.6 is 0 Å². The van der Waals surface area contributed by atoms with Crippen LogP contribution in [0.25, 0.3) is 0 Å². The summed E-state index contributed by atoms with van der Waals surface area (Å²) in [7, 11) is 0. The maximum absolute atomic E-state index is 13.0. The molecule has 2 aliphatic heterocycles. The zero-order chi connectivity index (χ0) is 18.6. The van der Waals surface area contributed by atoms with Gasteiger partial charge in [0.25, 0.3) is 0 Å². The molecular weight excluding hydrogens is 347 g/mol. The molecule has 1 amide bonds. The molecule has 0 bridgehead atoms. The molecule has 2 saturated heterocycles. The Hall–Kier alpha value is -2.02. The van der Waals surface area contributed by atoms with Crippen molar-refractivity contribution in [3.63, 3.8) is 0 Å². The zero-order valence-corrected chi connectivity index (χ0v) is 14.4. The molecule has 2 fully saturated rings. The summed E-state index contributed by atoms with van der Waals surface area (Å²) < 4.78 is 48.1. The van der Waals surface area contributed by atoms with Crippen molar-refractivity contribution in [2.24, 2.45) is 5.41 Å². The van der Waals surface area contributed by atoms with Crippen LogP contribution in [0.3, 0.4) is 0 Å². The first-order valence-electron chi connectivity index (χ1n) is 8.73. The molecule has 2 spiro atoms. The van der Waals surface area contributed by atoms with Crippen LogP contribution in [0.5, 0.6) is 5.75 Å². The Morgan fingerprint density at radius 2 is 1.85 bits per heavy atom. The number of alkyl halides is 3. The standard InChI is InChI=1S/C19H20F3NO3/c1-13(19(20,21)22)26-15-4-2-14(3-5-15)23-11-10-17(16(23)24)6-8-18(9-7-17)12-25-18/h2-6,8,13H,7,9-12H2,1H3/t13-,17?,18?/m0/s1. The molecule has 2 heterocycles. The van der Waals surface area contributed by atoms with E-state index in [4.69, 9.17) is 9.47 Å². The van der Waals surface area contributed by atoms with Crippen molar-refractivity contribution in [3.05, 3.63) is 36.4 Å². The van der Waals surface area contributed by atoms with Crippen molar-refractivity contribution in [2.45, 2.75) is 44.1 Å². The van der Waals surface area contributed by atoms with Gasteiger partial charge in [-0.2, -0.15) is 13.2 Å². The second kappa shape index (κ2) is 5.74. The van der Waals surface area contributed by atoms with Crippen LogP contribution in [0.2, 0.25) is 0 Å². The van der Waals surface area contributed by atoms with Crippen LogP contribution in [0.1, 0.15) is 26.2 Å². The Balaban J connectivity index is 1.46. The zero-order valence-electron chi connectivity index (χ0n) is 14.4. The van der Waals surface area contributed by atoms with Crippen molar-refractivity contribution in [3.8, 4) is 5.75 Å². The van der Waals surface area contributed by atoms with Crippen molar-refractivity contribution < 1.29 is 27.4 Å². The summed E-state index contributed by atoms with van der Waals surface area (Å²) in [4.78, 5) is 14.7. The third kappa shape index (κ3) is 2.98. The van der Waals surface area contributed by atoms with E-state index in [0.717, 1.165) is 32.8 Å². The number of anilines is 1. The molecule has 0 saturated carbocycles. The molecule has 0 N–H and O–H groups in total. The summed E-state index contributed by atoms with van der Waals surface area (Å²) in [6.45, 7) is 2.29. The highest BCUT2D eigenvalue weighted by Crippen LogP contribution is 2.49. The number of hydrogen-bond donors (Lipinski definition) is 0. The van der Waals surface area contributed by atoms with Gasteiger partial charge in [0.15, 0.2) is 6.10 Å². The van der Waals surface area contributed by atoms with E-state index in [9.17, 15) is 18.0 Å². The quantitative estimate of drug-likeness (QED) is 0.602. The molecule has 3 aliphatic rings. The van der Waals surface area contributed by atoms with Gasteiger partial charge in [-0.3, -0.25) is 4.79 Å². The lowest BCUT2D eigenvalue weighted by molar-refractivity contribution is -0.189. The molecular formula is C19H20F3NO3. The lowest BCUT2D eigenvalue weighted by Crippen LogP contribution is -2.36. The summed E-state index contributed by atoms with van der Waals surface area (Å²) in [5.41, 5.74) is 0.0693. The number of carbonyl (C=O) groups is 1. The summed E-state index contributed by atoms with van der Waals surface area (Å²) >= 11 is 0. The first-order chi connectivity index (χ1) is 12.2. The van der Waals surface area contributed by atoms with Gasteiger partial charge in [0.05, 0.1) is 12.0 Å². The minimum Gasteiger partial charge on any atom is -0.481 e. The summed E-state index contributed by atoms with van der Waals surface area (Å²) in [5, 5.41) is 0. The molecule has 7 heteroatoms. The van der Waals surface area contributed by atoms with Gasteiger partial charge in [-0.15, -0.1) is 0 Å². The SMILES string of the molecule is C[C@H](Oc1ccc(N2CCC3(C=CC4(CC3)CO4)C2=O)cc1)C(F)(F)F. The Morgan fingerprint density at radius 3 is 2.38 bits per heavy atom. The number of hydrogen-bond acceptors (Lipinski definition) is 3. The third-order valence-electron chi connectivity index (χ3n) is 5.59. The highest BCUT2D eigenvalue weighted by molar-refractivity contribution is 6.01. The van der Waals surface area contributed by atoms with Gasteiger partial charge in [-0.1, -0.05) is 12.2 Å². The molecule has 4 nitrogen and oxygen atoms in total. The fourth-order valence-electron chi connectivity index (χ4n) is 3.64. The predicted molar refractivity (Wildman–Crippen MR) is 89.0 cm³/mol. The fraction of sp³-hybridized carbons (Fsp3) is 0.526. The van der Waals surface area contributed by atoms with E-state index in [0.29, 0.717) is 12.2 Å². The van der Waals surface area contributed by atoms with Gasteiger partial charge < -0.3 is 14.4 Å². The van der Waals surface area contributed by atoms with Gasteiger partial charge in [0.1, 0.15) is 11.4 Å². The molecule has 2 unspecified atom stereocenters. The molecule has 0 aromatic heterocycles. The maximum atomic E-state index is 13.0. The topological polar surface area (TPSA) is 42.1 Å². The monoisotopic (exact) mass is 367 g/mol. The number of ether oxygens (including phenoxy) is 2. The predicted octanol–water partition coefficient (Wildman–Crippen LogP) is 3.86. The van der Waals surface area contributed by atoms with E-state index in [2.05, 4.69) is 0 Å². The lowest BCUT2D eigenvalue weighted by Gasteiger charge is -2.29. The van der Waals surface area contributed by atoms with Gasteiger partial charge in [-0.05, 0) is 50.5 Å². The van der Waals surface area contributed by atoms with Gasteiger partial charge >= 0.3 is 6.18 Å². The molecule has 1 aromatic rings. The van der Waals surface area contributed by atoms with Crippen molar-refractivity contribution in [1.29, 1.82) is 0 Å². The molecule has 0 radical (unpaired) electrons. The second-order valence-electron chi connectivity index (χ2n) is 7.35. The van der Waals surface area contributed by atoms with Crippen LogP contribution in [0.4, 0.5) is 18.9 Å². The highest BCUT2D eigenvalue weighted by atomic mass is 19.4. The van der Waals surface area contributed by atoms with Crippen molar-refractivity contribution >= 4 is 11.6 Å². The highest BCUT2D eigenvalue weighted by Gasteiger charge is 2.53. The molecule has 3 atom stereocenters. The number of epoxide rings is 1. The number of rotatable bonds is 3. The number of amides is 1. The van der Waals surface area contributed by atoms with Crippen LogP contribution in [-0.2, 0) is 9.53 Å². The Bertz CT molecular complexity index is 739. The Kier molecular flexibility index (Phi) is 3.84. The van der Waals surface area contributed by atoms with Gasteiger partial charge in [-0.25, -0.2) is 0 Å². The number of carbonyl (C=O) groups excluding carboxylic acids is 1. The van der Waals surface area contributed by atoms with E-state index in [1.54, 1.807) is 17.0 Å². The van der Waals surface area contributed by atoms with Crippen molar-refractivity contribution in [2.75, 3.05) is 18.1 Å². The molecule has 1 aliphatic carbocycles. The first kappa shape index (κ1) is 17.4. The van der Waals surface area contributed by atoms with E-state index < -0.39 is 17.7 Å². The average molecular weight is 367 g/mol. The molecule has 4 rings (SSSR count). The average Bonchev–Trinajstić information content (AvgIpc) is 3.29. The summed E-state index contributed by atoms with van der Waals surface area (Å²) in [5.74, 6) is 0.173. The lowest BCUT2D eigenvalue weighted by atomic mass is 9.74. The molecule has 1 aromatic carbocycles. The van der Waals surface area contributed by atoms with E-state index >= 15 is 0 Å². The Labute approximate surface area is 149 Å². The van der Waals surface area contributed by atoms with Crippen LogP contribution < -0.4 is 9.64 Å². The molecule has 26 heavy (non-hydrogen) atoms. The maximum Gasteiger partial charge on any atom is 0.425 e. The normalized spacial score (nSPS) is 31.7. The summed E-state index contributed by atoms with van der Waals surface area (Å²) in [6, 6.07) is 6.21. The third-order valence-corrected chi connectivity index (χ3v) is 5.59. The largest absolute Gasteiger partial charge is 0.481 e. The van der Waals surface area contributed by atoms with E-state index in [1.165, 1.54) is 12.1 Å². The number of halogens is 3. The number of nitrogens with zero attached hydrogens (tertiary/aromatic N) is 1. The Morgan fingerprint density at radius 1 is 1.15 bits per heavy atom. The van der Waals surface area contributed by atoms with Crippen LogP contribution in [0.15, 0.2) is 36.4 Å². The van der Waals surface area contributed by atoms with Gasteiger partial charge in [0.2, 0.25) is 5.91 Å². The minimum absolute atomic E-state index is 0.0431. The summed E-state index contributed by atoms with van der Waals surface area (Å²) in [6.07, 6.45) is 0.0818. The van der Waals surface area contributed by atoms with Crippen LogP contribution in [-0.4, -0.2) is 36.9 Å². The smallest absolute Gasteiger partial charge is 0.425 e. The number of benzene rings is 1. The minimum atomic E-state index is -4.41. The second-order valence-corrected chi connectivity index (χ2v) is 7.35.